The summed E-state index contributed by atoms with van der Waals surface area (Å²) in [5.41, 5.74) is 2.20. The molecule has 6 aliphatic heterocycles. The largest absolute Gasteiger partial charge is 0.465 e. The summed E-state index contributed by atoms with van der Waals surface area (Å²) in [6.45, 7) is 37.8. The van der Waals surface area contributed by atoms with E-state index in [2.05, 4.69) is 57.9 Å². The van der Waals surface area contributed by atoms with E-state index in [-0.39, 0.29) is 69.9 Å². The number of ether oxygens (including phenoxy) is 2. The quantitative estimate of drug-likeness (QED) is 0.111. The topological polar surface area (TPSA) is 59.1 Å². The van der Waals surface area contributed by atoms with Crippen LogP contribution in [0, 0.1) is 56.7 Å². The molecule has 5 aliphatic carbocycles. The number of piperazine rings is 6. The van der Waals surface area contributed by atoms with Crippen molar-refractivity contribution in [1.82, 2.24) is 9.80 Å². The number of nitrogens with zero attached hydrogens (tertiary/aromatic N) is 4. The van der Waals surface area contributed by atoms with Crippen LogP contribution in [-0.2, 0) is 19.1 Å². The first kappa shape index (κ1) is 47.1. The molecule has 6 saturated heterocycles. The van der Waals surface area contributed by atoms with Crippen molar-refractivity contribution in [3.63, 3.8) is 0 Å². The van der Waals surface area contributed by atoms with Gasteiger partial charge in [0.05, 0.1) is 71.8 Å². The Bertz CT molecular complexity index is 1570. The van der Waals surface area contributed by atoms with Crippen LogP contribution in [0.15, 0.2) is 12.2 Å². The molecule has 8 nitrogen and oxygen atoms in total. The number of hydrogen-bond donors (Lipinski definition) is 0. The zero-order chi connectivity index (χ0) is 40.8. The van der Waals surface area contributed by atoms with E-state index >= 15 is 0 Å². The highest BCUT2D eigenvalue weighted by atomic mass is 35.5. The number of halogens is 2. The molecule has 0 amide bonds. The van der Waals surface area contributed by atoms with Gasteiger partial charge in [-0.25, -0.2) is 0 Å². The highest BCUT2D eigenvalue weighted by molar-refractivity contribution is 5.85. The van der Waals surface area contributed by atoms with Gasteiger partial charge < -0.3 is 18.4 Å². The second kappa shape index (κ2) is 17.1. The van der Waals surface area contributed by atoms with Crippen LogP contribution in [0.2, 0.25) is 0 Å². The third kappa shape index (κ3) is 7.77. The third-order valence-corrected chi connectivity index (χ3v) is 21.3. The molecule has 11 rings (SSSR count). The molecule has 5 saturated carbocycles. The molecule has 4 bridgehead atoms. The molecule has 4 unspecified atom stereocenters. The molecular formula is C50H86Cl2N4O4+2. The summed E-state index contributed by atoms with van der Waals surface area (Å²) in [7, 11) is 0. The fourth-order valence-electron chi connectivity index (χ4n) is 17.5. The van der Waals surface area contributed by atoms with Gasteiger partial charge in [-0.05, 0) is 117 Å². The fraction of sp³-hybridized carbons (Fsp3) is 0.920. The Balaban J connectivity index is 0.00000272. The zero-order valence-corrected chi connectivity index (χ0v) is 40.5. The van der Waals surface area contributed by atoms with Gasteiger partial charge in [-0.15, -0.1) is 24.8 Å². The molecule has 0 aromatic heterocycles. The Morgan fingerprint density at radius 2 is 1.22 bits per heavy atom. The van der Waals surface area contributed by atoms with Gasteiger partial charge in [0, 0.05) is 62.9 Å². The molecule has 6 heterocycles. The maximum Gasteiger partial charge on any atom is 0.306 e. The molecule has 11 fully saturated rings. The first-order chi connectivity index (χ1) is 27.6. The number of allylic oxidation sites excluding steroid dienone is 1. The number of hydrogen-bond acceptors (Lipinski definition) is 6. The number of fused-ring (bicyclic) bond motifs is 13. The van der Waals surface area contributed by atoms with Gasteiger partial charge in [-0.1, -0.05) is 46.8 Å². The first-order valence-corrected chi connectivity index (χ1v) is 24.7. The standard InChI is InChI=1S/C50H84N4O4.2ClH/c1-37(2)38-14-19-50(36-57-43(55)10-8-28-53-30-22-51(23-31-53)24-32-53)21-20-48(6)39(45(38)50)12-13-41-47(5)17-16-42(46(3,4)40(47)15-18-49(41,48)7)58-44(56)11-9-29-54-33-25-52(26-34-54)27-35-54;;/h38-42,45H,1,8-36H2,2-7H3;2*1H/q+2;;/t38-,39?,40?,41?,42-,45?,47-,48+,49+,50+;;/m0../s1. The SMILES string of the molecule is C=C(C)[C@@H]1CC[C@]2(COC(=O)CCC[N+]34CCN(CC3)CC4)CC[C@]3(C)C(CCC4[C@@]5(C)CC[C@H](OC(=O)CCC[N+]67CCN(CC6)CC7)C(C)(C)C5CC[C@]43C)C12.Cl.Cl. The lowest BCUT2D eigenvalue weighted by Crippen LogP contribution is -2.67. The van der Waals surface area contributed by atoms with Gasteiger partial charge in [0.25, 0.3) is 0 Å². The normalized spacial score (nSPS) is 47.0. The van der Waals surface area contributed by atoms with Crippen molar-refractivity contribution in [2.24, 2.45) is 56.7 Å². The lowest BCUT2D eigenvalue weighted by molar-refractivity contribution is -0.941. The van der Waals surface area contributed by atoms with Gasteiger partial charge in [-0.2, -0.15) is 0 Å². The van der Waals surface area contributed by atoms with E-state index in [9.17, 15) is 9.59 Å². The second-order valence-electron chi connectivity index (χ2n) is 23.9. The van der Waals surface area contributed by atoms with E-state index in [0.29, 0.717) is 49.0 Å². The summed E-state index contributed by atoms with van der Waals surface area (Å²) in [6, 6.07) is 0. The Labute approximate surface area is 377 Å². The molecule has 0 aromatic carbocycles. The van der Waals surface area contributed by atoms with E-state index in [4.69, 9.17) is 9.47 Å². The van der Waals surface area contributed by atoms with Crippen molar-refractivity contribution in [2.45, 2.75) is 138 Å². The number of rotatable bonds is 12. The van der Waals surface area contributed by atoms with Crippen LogP contribution in [0.3, 0.4) is 0 Å². The highest BCUT2D eigenvalue weighted by Crippen LogP contribution is 2.77. The zero-order valence-electron chi connectivity index (χ0n) is 38.9. The molecule has 0 radical (unpaired) electrons. The summed E-state index contributed by atoms with van der Waals surface area (Å²) in [5, 5.41) is 0. The Morgan fingerprint density at radius 3 is 1.78 bits per heavy atom. The smallest absolute Gasteiger partial charge is 0.306 e. The molecule has 11 aliphatic rings. The van der Waals surface area contributed by atoms with Crippen molar-refractivity contribution in [3.8, 4) is 0 Å². The number of carbonyl (C=O) groups excluding carboxylic acids is 2. The van der Waals surface area contributed by atoms with Crippen molar-refractivity contribution in [1.29, 1.82) is 0 Å². The van der Waals surface area contributed by atoms with Gasteiger partial charge >= 0.3 is 11.9 Å². The first-order valence-electron chi connectivity index (χ1n) is 24.7. The van der Waals surface area contributed by atoms with Gasteiger partial charge in [0.1, 0.15) is 6.10 Å². The van der Waals surface area contributed by atoms with Crippen LogP contribution in [0.5, 0.6) is 0 Å². The van der Waals surface area contributed by atoms with Gasteiger partial charge in [-0.3, -0.25) is 19.4 Å². The molecular weight excluding hydrogens is 791 g/mol. The minimum atomic E-state index is -0.0263. The van der Waals surface area contributed by atoms with Crippen molar-refractivity contribution < 1.29 is 28.0 Å². The Morgan fingerprint density at radius 1 is 0.650 bits per heavy atom. The van der Waals surface area contributed by atoms with Crippen molar-refractivity contribution in [2.75, 3.05) is 98.2 Å². The summed E-state index contributed by atoms with van der Waals surface area (Å²) in [6.07, 6.45) is 15.2. The van der Waals surface area contributed by atoms with Crippen LogP contribution in [0.4, 0.5) is 0 Å². The van der Waals surface area contributed by atoms with Gasteiger partial charge in [0.15, 0.2) is 0 Å². The van der Waals surface area contributed by atoms with E-state index in [1.54, 1.807) is 0 Å². The summed E-state index contributed by atoms with van der Waals surface area (Å²) in [5.74, 6) is 3.06. The van der Waals surface area contributed by atoms with Crippen molar-refractivity contribution >= 4 is 36.8 Å². The molecule has 0 N–H and O–H groups in total. The number of carbonyl (C=O) groups is 2. The van der Waals surface area contributed by atoms with Crippen molar-refractivity contribution in [3.05, 3.63) is 12.2 Å². The minimum absolute atomic E-state index is 0. The van der Waals surface area contributed by atoms with E-state index < -0.39 is 0 Å². The minimum Gasteiger partial charge on any atom is -0.465 e. The highest BCUT2D eigenvalue weighted by Gasteiger charge is 2.71. The van der Waals surface area contributed by atoms with Crippen LogP contribution < -0.4 is 0 Å². The monoisotopic (exact) mass is 877 g/mol. The maximum atomic E-state index is 13.5. The summed E-state index contributed by atoms with van der Waals surface area (Å²) >= 11 is 0. The molecule has 0 spiro atoms. The molecule has 0 aromatic rings. The molecule has 10 heteroatoms. The molecule has 10 atom stereocenters. The summed E-state index contributed by atoms with van der Waals surface area (Å²) in [4.78, 5) is 32.2. The molecule has 60 heavy (non-hydrogen) atoms. The predicted octanol–water partition coefficient (Wildman–Crippen LogP) is 8.80. The van der Waals surface area contributed by atoms with Gasteiger partial charge in [0.2, 0.25) is 0 Å². The van der Waals surface area contributed by atoms with Crippen LogP contribution >= 0.6 is 24.8 Å². The van der Waals surface area contributed by atoms with E-state index in [1.165, 1.54) is 151 Å². The lowest BCUT2D eigenvalue weighted by Gasteiger charge is -2.73. The molecule has 342 valence electrons. The lowest BCUT2D eigenvalue weighted by atomic mass is 9.32. The number of quaternary nitrogens is 2. The van der Waals surface area contributed by atoms with Crippen LogP contribution in [0.1, 0.15) is 131 Å². The second-order valence-corrected chi connectivity index (χ2v) is 23.9. The average molecular weight is 878 g/mol. The van der Waals surface area contributed by atoms with E-state index in [1.807, 2.05) is 0 Å². The third-order valence-electron chi connectivity index (χ3n) is 21.3. The predicted molar refractivity (Wildman–Crippen MR) is 245 cm³/mol. The van der Waals surface area contributed by atoms with Crippen LogP contribution in [-0.4, -0.2) is 135 Å². The summed E-state index contributed by atoms with van der Waals surface area (Å²) < 4.78 is 15.4. The van der Waals surface area contributed by atoms with Crippen LogP contribution in [0.25, 0.3) is 0 Å². The maximum absolute atomic E-state index is 13.5. The fourth-order valence-corrected chi connectivity index (χ4v) is 17.5. The Hall–Kier alpha value is -0.900. The van der Waals surface area contributed by atoms with E-state index in [0.717, 1.165) is 32.4 Å². The average Bonchev–Trinajstić information content (AvgIpc) is 3.60. The Kier molecular flexibility index (Phi) is 13.5. The number of esters is 2.